The maximum absolute atomic E-state index is 5.57. The Morgan fingerprint density at radius 1 is 1.38 bits per heavy atom. The van der Waals surface area contributed by atoms with E-state index in [0.29, 0.717) is 0 Å². The molecule has 2 rings (SSSR count). The topological polar surface area (TPSA) is 25.2 Å². The van der Waals surface area contributed by atoms with E-state index in [1.54, 1.807) is 23.1 Å². The zero-order valence-electron chi connectivity index (χ0n) is 8.83. The molecule has 1 N–H and O–H groups in total. The van der Waals surface area contributed by atoms with Crippen LogP contribution in [-0.2, 0) is 13.1 Å². The lowest BCUT2D eigenvalue weighted by Crippen LogP contribution is -2.11. The molecule has 0 bridgehead atoms. The summed E-state index contributed by atoms with van der Waals surface area (Å²) in [5.74, 6) is 0.983. The van der Waals surface area contributed by atoms with Gasteiger partial charge in [-0.15, -0.1) is 11.3 Å². The number of hydrogen-bond acceptors (Lipinski definition) is 4. The molecule has 0 amide bonds. The highest BCUT2D eigenvalue weighted by Gasteiger charge is 2.03. The summed E-state index contributed by atoms with van der Waals surface area (Å²) >= 11 is 6.89. The van der Waals surface area contributed by atoms with Gasteiger partial charge in [-0.25, -0.2) is 0 Å². The minimum Gasteiger partial charge on any atom is -0.454 e. The Hall–Kier alpha value is -0.230. The molecule has 2 nitrogen and oxygen atoms in total. The minimum absolute atomic E-state index is 0.769. The van der Waals surface area contributed by atoms with Crippen LogP contribution in [0.2, 0.25) is 0 Å². The van der Waals surface area contributed by atoms with Gasteiger partial charge < -0.3 is 9.73 Å². The van der Waals surface area contributed by atoms with Crippen molar-refractivity contribution in [2.75, 3.05) is 6.26 Å². The lowest BCUT2D eigenvalue weighted by atomic mass is 10.4. The Balaban J connectivity index is 1.82. The van der Waals surface area contributed by atoms with Crippen LogP contribution in [0.1, 0.15) is 10.6 Å². The molecule has 0 aliphatic carbocycles. The Morgan fingerprint density at radius 2 is 2.25 bits per heavy atom. The molecule has 2 heterocycles. The summed E-state index contributed by atoms with van der Waals surface area (Å²) in [7, 11) is 0. The fourth-order valence-electron chi connectivity index (χ4n) is 1.31. The van der Waals surface area contributed by atoms with E-state index in [9.17, 15) is 0 Å². The van der Waals surface area contributed by atoms with Crippen molar-refractivity contribution in [1.29, 1.82) is 0 Å². The quantitative estimate of drug-likeness (QED) is 0.840. The molecule has 0 unspecified atom stereocenters. The van der Waals surface area contributed by atoms with Gasteiger partial charge in [0.2, 0.25) is 0 Å². The number of rotatable bonds is 5. The largest absolute Gasteiger partial charge is 0.454 e. The summed E-state index contributed by atoms with van der Waals surface area (Å²) in [5, 5.41) is 6.41. The van der Waals surface area contributed by atoms with Gasteiger partial charge in [-0.2, -0.15) is 0 Å². The average molecular weight is 318 g/mol. The number of halogens is 1. The molecule has 0 aromatic carbocycles. The van der Waals surface area contributed by atoms with Gasteiger partial charge in [0.1, 0.15) is 5.76 Å². The molecule has 0 atom stereocenters. The van der Waals surface area contributed by atoms with Crippen LogP contribution in [0, 0.1) is 0 Å². The summed E-state index contributed by atoms with van der Waals surface area (Å²) in [6, 6.07) is 6.09. The third kappa shape index (κ3) is 3.13. The van der Waals surface area contributed by atoms with Crippen LogP contribution in [0.3, 0.4) is 0 Å². The van der Waals surface area contributed by atoms with Crippen molar-refractivity contribution in [3.8, 4) is 0 Å². The van der Waals surface area contributed by atoms with E-state index in [1.165, 1.54) is 9.35 Å². The second kappa shape index (κ2) is 5.91. The van der Waals surface area contributed by atoms with Crippen LogP contribution in [0.4, 0.5) is 0 Å². The fraction of sp³-hybridized carbons (Fsp3) is 0.273. The second-order valence-electron chi connectivity index (χ2n) is 3.22. The van der Waals surface area contributed by atoms with Crippen molar-refractivity contribution < 1.29 is 4.42 Å². The molecule has 0 fully saturated rings. The lowest BCUT2D eigenvalue weighted by molar-refractivity contribution is 0.417. The molecule has 0 aliphatic rings. The average Bonchev–Trinajstić information content (AvgIpc) is 2.89. The van der Waals surface area contributed by atoms with E-state index in [-0.39, 0.29) is 0 Å². The third-order valence-corrected chi connectivity index (χ3v) is 4.66. The first-order chi connectivity index (χ1) is 7.79. The maximum Gasteiger partial charge on any atom is 0.160 e. The monoisotopic (exact) mass is 317 g/mol. The highest BCUT2D eigenvalue weighted by atomic mass is 79.9. The zero-order chi connectivity index (χ0) is 11.4. The van der Waals surface area contributed by atoms with E-state index < -0.39 is 0 Å². The summed E-state index contributed by atoms with van der Waals surface area (Å²) < 4.78 is 6.75. The molecule has 16 heavy (non-hydrogen) atoms. The van der Waals surface area contributed by atoms with Crippen molar-refractivity contribution in [3.63, 3.8) is 0 Å². The molecule has 86 valence electrons. The van der Waals surface area contributed by atoms with E-state index in [2.05, 4.69) is 32.7 Å². The van der Waals surface area contributed by atoms with E-state index in [1.807, 2.05) is 18.4 Å². The Bertz CT molecular complexity index is 452. The van der Waals surface area contributed by atoms with Crippen LogP contribution in [0.5, 0.6) is 0 Å². The van der Waals surface area contributed by atoms with Gasteiger partial charge in [0.25, 0.3) is 0 Å². The van der Waals surface area contributed by atoms with Gasteiger partial charge in [-0.05, 0) is 45.8 Å². The molecule has 0 radical (unpaired) electrons. The molecule has 0 spiro atoms. The highest BCUT2D eigenvalue weighted by molar-refractivity contribution is 9.10. The first-order valence-corrected chi connectivity index (χ1v) is 7.74. The zero-order valence-corrected chi connectivity index (χ0v) is 12.0. The van der Waals surface area contributed by atoms with Crippen LogP contribution in [0.15, 0.2) is 37.6 Å². The van der Waals surface area contributed by atoms with Crippen LogP contribution < -0.4 is 5.32 Å². The van der Waals surface area contributed by atoms with E-state index in [0.717, 1.165) is 23.9 Å². The molecule has 0 aliphatic heterocycles. The Kier molecular flexibility index (Phi) is 4.52. The minimum atomic E-state index is 0.769. The molecular weight excluding hydrogens is 306 g/mol. The first-order valence-electron chi connectivity index (χ1n) is 4.85. The normalized spacial score (nSPS) is 10.9. The predicted molar refractivity (Wildman–Crippen MR) is 73.1 cm³/mol. The third-order valence-electron chi connectivity index (χ3n) is 2.11. The first kappa shape index (κ1) is 12.2. The van der Waals surface area contributed by atoms with Crippen molar-refractivity contribution in [2.24, 2.45) is 0 Å². The molecule has 2 aromatic heterocycles. The number of nitrogens with one attached hydrogen (secondary N) is 1. The molecule has 0 saturated carbocycles. The number of thiophene rings is 1. The summed E-state index contributed by atoms with van der Waals surface area (Å²) in [6.45, 7) is 1.64. The van der Waals surface area contributed by atoms with Gasteiger partial charge in [-0.1, -0.05) is 11.8 Å². The lowest BCUT2D eigenvalue weighted by Gasteiger charge is -2.01. The van der Waals surface area contributed by atoms with E-state index >= 15 is 0 Å². The maximum atomic E-state index is 5.57. The fourth-order valence-corrected chi connectivity index (χ4v) is 3.17. The Morgan fingerprint density at radius 3 is 2.88 bits per heavy atom. The number of thioether (sulfide) groups is 1. The van der Waals surface area contributed by atoms with Crippen LogP contribution >= 0.6 is 39.0 Å². The van der Waals surface area contributed by atoms with Gasteiger partial charge in [0.15, 0.2) is 5.09 Å². The van der Waals surface area contributed by atoms with Crippen LogP contribution in [-0.4, -0.2) is 6.26 Å². The molecule has 0 saturated heterocycles. The van der Waals surface area contributed by atoms with Gasteiger partial charge in [0.05, 0.1) is 6.54 Å². The standard InChI is InChI=1S/C11H12BrNOS2/c1-15-11-3-2-8(14-11)6-13-7-10-9(12)4-5-16-10/h2-5,13H,6-7H2,1H3. The second-order valence-corrected chi connectivity index (χ2v) is 5.89. The predicted octanol–water partition coefficient (Wildman–Crippen LogP) is 4.12. The van der Waals surface area contributed by atoms with E-state index in [4.69, 9.17) is 4.42 Å². The summed E-state index contributed by atoms with van der Waals surface area (Å²) in [6.07, 6.45) is 2.01. The van der Waals surface area contributed by atoms with Gasteiger partial charge in [-0.3, -0.25) is 0 Å². The molecular formula is C11H12BrNOS2. The number of hydrogen-bond donors (Lipinski definition) is 1. The highest BCUT2D eigenvalue weighted by Crippen LogP contribution is 2.22. The molecule has 2 aromatic rings. The van der Waals surface area contributed by atoms with Crippen molar-refractivity contribution in [3.05, 3.63) is 38.7 Å². The Labute approximate surface area is 112 Å². The van der Waals surface area contributed by atoms with Crippen LogP contribution in [0.25, 0.3) is 0 Å². The molecule has 5 heteroatoms. The van der Waals surface area contributed by atoms with Gasteiger partial charge >= 0.3 is 0 Å². The smallest absolute Gasteiger partial charge is 0.160 e. The SMILES string of the molecule is CSc1ccc(CNCc2sccc2Br)o1. The summed E-state index contributed by atoms with van der Waals surface area (Å²) in [5.41, 5.74) is 0. The van der Waals surface area contributed by atoms with Crippen molar-refractivity contribution in [2.45, 2.75) is 18.2 Å². The summed E-state index contributed by atoms with van der Waals surface area (Å²) in [4.78, 5) is 1.32. The van der Waals surface area contributed by atoms with Crippen molar-refractivity contribution in [1.82, 2.24) is 5.32 Å². The van der Waals surface area contributed by atoms with Crippen molar-refractivity contribution >= 4 is 39.0 Å². The number of furan rings is 1. The van der Waals surface area contributed by atoms with Gasteiger partial charge in [0, 0.05) is 15.9 Å².